The molecule has 140 valence electrons. The average Bonchev–Trinajstić information content (AvgIpc) is 2.52. The van der Waals surface area contributed by atoms with Crippen LogP contribution in [-0.2, 0) is 9.59 Å². The minimum atomic E-state index is -0.504. The van der Waals surface area contributed by atoms with Crippen LogP contribution in [0, 0.1) is 18.3 Å². The highest BCUT2D eigenvalue weighted by Crippen LogP contribution is 2.25. The van der Waals surface area contributed by atoms with Gasteiger partial charge in [-0.2, -0.15) is 0 Å². The zero-order chi connectivity index (χ0) is 19.2. The SMILES string of the molecule is CC(=O)NC(CC(=O)NCC(C)(C)C(O)C(C)C)c1ccc(C)cc1. The lowest BCUT2D eigenvalue weighted by Gasteiger charge is -2.33. The summed E-state index contributed by atoms with van der Waals surface area (Å²) >= 11 is 0. The van der Waals surface area contributed by atoms with Crippen molar-refractivity contribution in [2.24, 2.45) is 11.3 Å². The molecule has 1 rings (SSSR count). The van der Waals surface area contributed by atoms with E-state index in [2.05, 4.69) is 10.6 Å². The summed E-state index contributed by atoms with van der Waals surface area (Å²) in [7, 11) is 0. The maximum absolute atomic E-state index is 12.4. The van der Waals surface area contributed by atoms with Crippen LogP contribution in [0.5, 0.6) is 0 Å². The van der Waals surface area contributed by atoms with E-state index in [4.69, 9.17) is 0 Å². The fourth-order valence-electron chi connectivity index (χ4n) is 2.89. The van der Waals surface area contributed by atoms with Crippen LogP contribution in [0.3, 0.4) is 0 Å². The van der Waals surface area contributed by atoms with Crippen molar-refractivity contribution in [1.29, 1.82) is 0 Å². The molecular formula is C20H32N2O3. The third-order valence-electron chi connectivity index (χ3n) is 4.42. The lowest BCUT2D eigenvalue weighted by molar-refractivity contribution is -0.123. The maximum atomic E-state index is 12.4. The van der Waals surface area contributed by atoms with Gasteiger partial charge in [0.1, 0.15) is 0 Å². The Hall–Kier alpha value is -1.88. The van der Waals surface area contributed by atoms with Crippen LogP contribution in [0.2, 0.25) is 0 Å². The number of aliphatic hydroxyl groups excluding tert-OH is 1. The predicted octanol–water partition coefficient (Wildman–Crippen LogP) is 2.72. The Morgan fingerprint density at radius 2 is 1.72 bits per heavy atom. The number of amides is 2. The quantitative estimate of drug-likeness (QED) is 0.676. The molecule has 0 aliphatic heterocycles. The van der Waals surface area contributed by atoms with Crippen LogP contribution in [0.1, 0.15) is 58.2 Å². The average molecular weight is 348 g/mol. The number of hydrogen-bond acceptors (Lipinski definition) is 3. The number of rotatable bonds is 8. The van der Waals surface area contributed by atoms with Crippen LogP contribution in [0.15, 0.2) is 24.3 Å². The molecule has 3 N–H and O–H groups in total. The van der Waals surface area contributed by atoms with Gasteiger partial charge in [0.25, 0.3) is 0 Å². The number of aryl methyl sites for hydroxylation is 1. The molecule has 0 heterocycles. The first kappa shape index (κ1) is 21.2. The Labute approximate surface area is 151 Å². The molecule has 0 fully saturated rings. The summed E-state index contributed by atoms with van der Waals surface area (Å²) < 4.78 is 0. The molecule has 0 bridgehead atoms. The number of nitrogens with one attached hydrogen (secondary N) is 2. The molecule has 1 aromatic carbocycles. The summed E-state index contributed by atoms with van der Waals surface area (Å²) in [6.45, 7) is 11.6. The summed E-state index contributed by atoms with van der Waals surface area (Å²) in [5.74, 6) is -0.205. The van der Waals surface area contributed by atoms with Crippen molar-refractivity contribution >= 4 is 11.8 Å². The van der Waals surface area contributed by atoms with Gasteiger partial charge in [0.2, 0.25) is 11.8 Å². The minimum absolute atomic E-state index is 0.117. The Balaban J connectivity index is 2.72. The molecule has 2 amide bonds. The lowest BCUT2D eigenvalue weighted by atomic mass is 9.80. The standard InChI is InChI=1S/C20H32N2O3/c1-13(2)19(25)20(5,6)12-21-18(24)11-17(22-15(4)23)16-9-7-14(3)8-10-16/h7-10,13,17,19,25H,11-12H2,1-6H3,(H,21,24)(H,22,23). The van der Waals surface area contributed by atoms with Gasteiger partial charge in [0.05, 0.1) is 18.6 Å². The van der Waals surface area contributed by atoms with Crippen LogP contribution < -0.4 is 10.6 Å². The van der Waals surface area contributed by atoms with E-state index in [1.54, 1.807) is 0 Å². The van der Waals surface area contributed by atoms with Crippen molar-refractivity contribution < 1.29 is 14.7 Å². The van der Waals surface area contributed by atoms with Crippen molar-refractivity contribution in [3.8, 4) is 0 Å². The molecular weight excluding hydrogens is 316 g/mol. The molecule has 0 saturated carbocycles. The maximum Gasteiger partial charge on any atom is 0.222 e. The topological polar surface area (TPSA) is 78.4 Å². The molecule has 5 heteroatoms. The zero-order valence-electron chi connectivity index (χ0n) is 16.2. The van der Waals surface area contributed by atoms with Gasteiger partial charge in [-0.15, -0.1) is 0 Å². The van der Waals surface area contributed by atoms with E-state index in [9.17, 15) is 14.7 Å². The van der Waals surface area contributed by atoms with Gasteiger partial charge in [-0.25, -0.2) is 0 Å². The molecule has 0 aliphatic carbocycles. The van der Waals surface area contributed by atoms with E-state index >= 15 is 0 Å². The first-order valence-corrected chi connectivity index (χ1v) is 8.81. The number of benzene rings is 1. The van der Waals surface area contributed by atoms with Crippen molar-refractivity contribution in [3.05, 3.63) is 35.4 Å². The highest BCUT2D eigenvalue weighted by molar-refractivity contribution is 5.79. The summed E-state index contributed by atoms with van der Waals surface area (Å²) in [4.78, 5) is 23.9. The summed E-state index contributed by atoms with van der Waals surface area (Å²) in [5.41, 5.74) is 1.61. The minimum Gasteiger partial charge on any atom is -0.392 e. The normalized spacial score (nSPS) is 14.1. The molecule has 2 atom stereocenters. The van der Waals surface area contributed by atoms with Gasteiger partial charge < -0.3 is 15.7 Å². The second-order valence-electron chi connectivity index (χ2n) is 7.82. The zero-order valence-corrected chi connectivity index (χ0v) is 16.2. The van der Waals surface area contributed by atoms with Crippen LogP contribution in [0.4, 0.5) is 0 Å². The largest absolute Gasteiger partial charge is 0.392 e. The van der Waals surface area contributed by atoms with Gasteiger partial charge >= 0.3 is 0 Å². The van der Waals surface area contributed by atoms with Crippen LogP contribution >= 0.6 is 0 Å². The smallest absolute Gasteiger partial charge is 0.222 e. The third-order valence-corrected chi connectivity index (χ3v) is 4.42. The van der Waals surface area contributed by atoms with Gasteiger partial charge in [-0.1, -0.05) is 57.5 Å². The first-order valence-electron chi connectivity index (χ1n) is 8.81. The van der Waals surface area contributed by atoms with Crippen LogP contribution in [-0.4, -0.2) is 29.6 Å². The third kappa shape index (κ3) is 6.86. The molecule has 25 heavy (non-hydrogen) atoms. The molecule has 0 radical (unpaired) electrons. The van der Waals surface area contributed by atoms with Crippen molar-refractivity contribution in [3.63, 3.8) is 0 Å². The van der Waals surface area contributed by atoms with Gasteiger partial charge in [0, 0.05) is 18.9 Å². The number of carbonyl (C=O) groups excluding carboxylic acids is 2. The molecule has 0 spiro atoms. The Morgan fingerprint density at radius 1 is 1.16 bits per heavy atom. The molecule has 5 nitrogen and oxygen atoms in total. The summed E-state index contributed by atoms with van der Waals surface area (Å²) in [6, 6.07) is 7.41. The number of aliphatic hydroxyl groups is 1. The molecule has 0 aromatic heterocycles. The monoisotopic (exact) mass is 348 g/mol. The van der Waals surface area contributed by atoms with E-state index in [1.807, 2.05) is 58.9 Å². The van der Waals surface area contributed by atoms with Crippen molar-refractivity contribution in [2.45, 2.75) is 60.1 Å². The number of hydrogen-bond donors (Lipinski definition) is 3. The lowest BCUT2D eigenvalue weighted by Crippen LogP contribution is -2.44. The van der Waals surface area contributed by atoms with E-state index < -0.39 is 11.5 Å². The Bertz CT molecular complexity index is 579. The van der Waals surface area contributed by atoms with Gasteiger partial charge in [-0.05, 0) is 18.4 Å². The molecule has 2 unspecified atom stereocenters. The van der Waals surface area contributed by atoms with Gasteiger partial charge in [0.15, 0.2) is 0 Å². The molecule has 0 aliphatic rings. The molecule has 1 aromatic rings. The predicted molar refractivity (Wildman–Crippen MR) is 100.0 cm³/mol. The highest BCUT2D eigenvalue weighted by Gasteiger charge is 2.30. The fourth-order valence-corrected chi connectivity index (χ4v) is 2.89. The van der Waals surface area contributed by atoms with E-state index in [-0.39, 0.29) is 30.2 Å². The van der Waals surface area contributed by atoms with Crippen molar-refractivity contribution in [2.75, 3.05) is 6.54 Å². The second-order valence-corrected chi connectivity index (χ2v) is 7.82. The Kier molecular flexibility index (Phi) is 7.61. The van der Waals surface area contributed by atoms with Crippen LogP contribution in [0.25, 0.3) is 0 Å². The first-order chi connectivity index (χ1) is 11.5. The fraction of sp³-hybridized carbons (Fsp3) is 0.600. The van der Waals surface area contributed by atoms with E-state index in [1.165, 1.54) is 6.92 Å². The number of carbonyl (C=O) groups is 2. The Morgan fingerprint density at radius 3 is 2.20 bits per heavy atom. The molecule has 0 saturated heterocycles. The summed E-state index contributed by atoms with van der Waals surface area (Å²) in [6.07, 6.45) is -0.340. The van der Waals surface area contributed by atoms with Crippen molar-refractivity contribution in [1.82, 2.24) is 10.6 Å². The van der Waals surface area contributed by atoms with Gasteiger partial charge in [-0.3, -0.25) is 9.59 Å². The van der Waals surface area contributed by atoms with E-state index in [0.29, 0.717) is 6.54 Å². The summed E-state index contributed by atoms with van der Waals surface area (Å²) in [5, 5.41) is 16.0. The van der Waals surface area contributed by atoms with E-state index in [0.717, 1.165) is 11.1 Å². The highest BCUT2D eigenvalue weighted by atomic mass is 16.3. The second kappa shape index (κ2) is 8.99.